The number of methoxy groups -OCH3 is 1. The maximum absolute atomic E-state index is 10.7. The van der Waals surface area contributed by atoms with Crippen molar-refractivity contribution < 1.29 is 19.4 Å². The molecule has 0 bridgehead atoms. The summed E-state index contributed by atoms with van der Waals surface area (Å²) in [5.41, 5.74) is 0. The van der Waals surface area contributed by atoms with E-state index in [2.05, 4.69) is 4.74 Å². The Hall–Kier alpha value is -1.32. The lowest BCUT2D eigenvalue weighted by Crippen LogP contribution is -2.04. The highest BCUT2D eigenvalue weighted by Gasteiger charge is 2.06. The first kappa shape index (κ1) is 10.7. The zero-order valence-corrected chi connectivity index (χ0v) is 7.16. The van der Waals surface area contributed by atoms with Crippen LogP contribution in [0.3, 0.4) is 0 Å². The van der Waals surface area contributed by atoms with Gasteiger partial charge < -0.3 is 9.84 Å². The summed E-state index contributed by atoms with van der Waals surface area (Å²) in [7, 11) is 1.16. The SMILES string of the molecule is CCC(=O)C/C=C(/O)C(=O)OC. The Kier molecular flexibility index (Phi) is 4.76. The molecule has 0 heterocycles. The summed E-state index contributed by atoms with van der Waals surface area (Å²) in [4.78, 5) is 21.3. The number of aliphatic hydroxyl groups is 1. The van der Waals surface area contributed by atoms with Crippen molar-refractivity contribution in [1.82, 2.24) is 0 Å². The highest BCUT2D eigenvalue weighted by molar-refractivity contribution is 5.87. The van der Waals surface area contributed by atoms with Gasteiger partial charge in [-0.2, -0.15) is 0 Å². The maximum Gasteiger partial charge on any atom is 0.372 e. The molecule has 0 rings (SSSR count). The van der Waals surface area contributed by atoms with E-state index < -0.39 is 11.7 Å². The molecule has 0 radical (unpaired) electrons. The zero-order chi connectivity index (χ0) is 9.56. The van der Waals surface area contributed by atoms with Gasteiger partial charge in [-0.15, -0.1) is 0 Å². The van der Waals surface area contributed by atoms with Crippen LogP contribution in [0.2, 0.25) is 0 Å². The normalized spacial score (nSPS) is 11.0. The van der Waals surface area contributed by atoms with Gasteiger partial charge in [-0.25, -0.2) is 4.79 Å². The van der Waals surface area contributed by atoms with E-state index in [4.69, 9.17) is 5.11 Å². The minimum Gasteiger partial charge on any atom is -0.502 e. The number of carbonyl (C=O) groups is 2. The van der Waals surface area contributed by atoms with Crippen molar-refractivity contribution in [3.63, 3.8) is 0 Å². The third kappa shape index (κ3) is 3.75. The smallest absolute Gasteiger partial charge is 0.372 e. The molecule has 1 N–H and O–H groups in total. The lowest BCUT2D eigenvalue weighted by atomic mass is 10.2. The van der Waals surface area contributed by atoms with E-state index in [1.165, 1.54) is 0 Å². The maximum atomic E-state index is 10.7. The molecule has 0 unspecified atom stereocenters. The minimum absolute atomic E-state index is 0.0366. The molecular weight excluding hydrogens is 160 g/mol. The van der Waals surface area contributed by atoms with E-state index >= 15 is 0 Å². The summed E-state index contributed by atoms with van der Waals surface area (Å²) in [6.45, 7) is 1.71. The van der Waals surface area contributed by atoms with E-state index in [9.17, 15) is 9.59 Å². The first-order valence-corrected chi connectivity index (χ1v) is 3.61. The number of ether oxygens (including phenoxy) is 1. The van der Waals surface area contributed by atoms with E-state index in [0.717, 1.165) is 13.2 Å². The summed E-state index contributed by atoms with van der Waals surface area (Å²) in [5.74, 6) is -1.37. The Morgan fingerprint density at radius 2 is 2.08 bits per heavy atom. The van der Waals surface area contributed by atoms with Crippen LogP contribution in [0.1, 0.15) is 19.8 Å². The van der Waals surface area contributed by atoms with Crippen LogP contribution in [-0.2, 0) is 14.3 Å². The number of hydrogen-bond donors (Lipinski definition) is 1. The van der Waals surface area contributed by atoms with Crippen molar-refractivity contribution >= 4 is 11.8 Å². The summed E-state index contributed by atoms with van der Waals surface area (Å²) >= 11 is 0. The topological polar surface area (TPSA) is 63.6 Å². The van der Waals surface area contributed by atoms with Gasteiger partial charge in [0, 0.05) is 12.8 Å². The van der Waals surface area contributed by atoms with Gasteiger partial charge in [0.05, 0.1) is 7.11 Å². The number of aliphatic hydroxyl groups excluding tert-OH is 1. The van der Waals surface area contributed by atoms with Crippen LogP contribution in [0.5, 0.6) is 0 Å². The highest BCUT2D eigenvalue weighted by Crippen LogP contribution is 1.97. The molecule has 0 aliphatic carbocycles. The first-order chi connectivity index (χ1) is 5.61. The fourth-order valence-corrected chi connectivity index (χ4v) is 0.543. The number of rotatable bonds is 4. The van der Waals surface area contributed by atoms with E-state index in [1.807, 2.05) is 0 Å². The number of Topliss-reactive ketones (excluding diaryl/α,β-unsaturated/α-hetero) is 1. The Morgan fingerprint density at radius 1 is 1.50 bits per heavy atom. The lowest BCUT2D eigenvalue weighted by Gasteiger charge is -1.96. The molecule has 0 saturated carbocycles. The van der Waals surface area contributed by atoms with Gasteiger partial charge in [0.15, 0.2) is 5.76 Å². The van der Waals surface area contributed by atoms with Gasteiger partial charge in [-0.3, -0.25) is 4.79 Å². The van der Waals surface area contributed by atoms with Crippen LogP contribution in [0.15, 0.2) is 11.8 Å². The molecule has 12 heavy (non-hydrogen) atoms. The fraction of sp³-hybridized carbons (Fsp3) is 0.500. The molecule has 0 spiro atoms. The molecule has 4 heteroatoms. The molecule has 0 fully saturated rings. The number of ketones is 1. The van der Waals surface area contributed by atoms with Crippen molar-refractivity contribution in [2.24, 2.45) is 0 Å². The molecule has 0 saturated heterocycles. The van der Waals surface area contributed by atoms with E-state index in [-0.39, 0.29) is 12.2 Å². The van der Waals surface area contributed by atoms with Gasteiger partial charge in [-0.1, -0.05) is 6.92 Å². The molecule has 0 aromatic heterocycles. The average molecular weight is 172 g/mol. The third-order valence-corrected chi connectivity index (χ3v) is 1.31. The molecule has 0 aliphatic rings. The quantitative estimate of drug-likeness (QED) is 0.390. The fourth-order valence-electron chi connectivity index (χ4n) is 0.543. The monoisotopic (exact) mass is 172 g/mol. The van der Waals surface area contributed by atoms with E-state index in [1.54, 1.807) is 6.92 Å². The Morgan fingerprint density at radius 3 is 2.50 bits per heavy atom. The van der Waals surface area contributed by atoms with Crippen LogP contribution >= 0.6 is 0 Å². The van der Waals surface area contributed by atoms with Crippen molar-refractivity contribution in [3.05, 3.63) is 11.8 Å². The second-order valence-corrected chi connectivity index (χ2v) is 2.18. The largest absolute Gasteiger partial charge is 0.502 e. The highest BCUT2D eigenvalue weighted by atomic mass is 16.5. The second kappa shape index (κ2) is 5.35. The number of esters is 1. The van der Waals surface area contributed by atoms with Gasteiger partial charge in [0.1, 0.15) is 5.78 Å². The van der Waals surface area contributed by atoms with Crippen LogP contribution in [-0.4, -0.2) is 24.0 Å². The van der Waals surface area contributed by atoms with Crippen molar-refractivity contribution in [1.29, 1.82) is 0 Å². The average Bonchev–Trinajstić information content (AvgIpc) is 2.11. The molecule has 0 aromatic rings. The van der Waals surface area contributed by atoms with Crippen LogP contribution in [0.4, 0.5) is 0 Å². The predicted octanol–water partition coefficient (Wildman–Crippen LogP) is 0.970. The van der Waals surface area contributed by atoms with Crippen LogP contribution < -0.4 is 0 Å². The minimum atomic E-state index is -0.820. The standard InChI is InChI=1S/C8H12O4/c1-3-6(9)4-5-7(10)8(11)12-2/h5,10H,3-4H2,1-2H3/b7-5+. The molecule has 0 amide bonds. The molecule has 68 valence electrons. The van der Waals surface area contributed by atoms with Crippen molar-refractivity contribution in [2.75, 3.05) is 7.11 Å². The van der Waals surface area contributed by atoms with Crippen LogP contribution in [0, 0.1) is 0 Å². The van der Waals surface area contributed by atoms with Gasteiger partial charge in [0.25, 0.3) is 0 Å². The second-order valence-electron chi connectivity index (χ2n) is 2.18. The first-order valence-electron chi connectivity index (χ1n) is 3.61. The summed E-state index contributed by atoms with van der Waals surface area (Å²) in [6, 6.07) is 0. The Bertz CT molecular complexity index is 205. The van der Waals surface area contributed by atoms with Crippen molar-refractivity contribution in [2.45, 2.75) is 19.8 Å². The zero-order valence-electron chi connectivity index (χ0n) is 7.16. The third-order valence-electron chi connectivity index (χ3n) is 1.31. The summed E-state index contributed by atoms with van der Waals surface area (Å²) in [6.07, 6.45) is 1.61. The Balaban J connectivity index is 4.00. The predicted molar refractivity (Wildman–Crippen MR) is 42.6 cm³/mol. The van der Waals surface area contributed by atoms with Gasteiger partial charge in [0.2, 0.25) is 0 Å². The summed E-state index contributed by atoms with van der Waals surface area (Å²) < 4.78 is 4.21. The number of carbonyl (C=O) groups excluding carboxylic acids is 2. The van der Waals surface area contributed by atoms with Crippen LogP contribution in [0.25, 0.3) is 0 Å². The van der Waals surface area contributed by atoms with E-state index in [0.29, 0.717) is 6.42 Å². The summed E-state index contributed by atoms with van der Waals surface area (Å²) in [5, 5.41) is 8.90. The molecular formula is C8H12O4. The number of hydrogen-bond acceptors (Lipinski definition) is 4. The Labute approximate surface area is 70.8 Å². The van der Waals surface area contributed by atoms with Crippen molar-refractivity contribution in [3.8, 4) is 0 Å². The van der Waals surface area contributed by atoms with Gasteiger partial charge >= 0.3 is 5.97 Å². The lowest BCUT2D eigenvalue weighted by molar-refractivity contribution is -0.139. The molecule has 0 aliphatic heterocycles. The molecule has 0 aromatic carbocycles. The number of allylic oxidation sites excluding steroid dienone is 1. The molecule has 4 nitrogen and oxygen atoms in total. The van der Waals surface area contributed by atoms with Gasteiger partial charge in [-0.05, 0) is 6.08 Å². The molecule has 0 atom stereocenters.